The Morgan fingerprint density at radius 2 is 1.68 bits per heavy atom. The molecule has 0 aliphatic heterocycles. The van der Waals surface area contributed by atoms with Crippen LogP contribution in [0.3, 0.4) is 0 Å². The molecule has 0 heterocycles. The van der Waals surface area contributed by atoms with Crippen molar-refractivity contribution in [2.45, 2.75) is 24.2 Å². The Balaban J connectivity index is 3.45. The molecule has 0 amide bonds. The minimum atomic E-state index is -5.17. The van der Waals surface area contributed by atoms with E-state index in [4.69, 9.17) is 16.9 Å². The Morgan fingerprint density at radius 1 is 1.11 bits per heavy atom. The largest absolute Gasteiger partial charge is 0.417 e. The van der Waals surface area contributed by atoms with Crippen LogP contribution in [-0.4, -0.2) is 5.38 Å². The number of alkyl halides is 7. The molecular weight excluding hydrogens is 296 g/mol. The molecule has 0 saturated carbocycles. The van der Waals surface area contributed by atoms with Gasteiger partial charge in [-0.3, -0.25) is 0 Å². The summed E-state index contributed by atoms with van der Waals surface area (Å²) in [6.45, 7) is 0. The van der Waals surface area contributed by atoms with Crippen molar-refractivity contribution in [1.29, 1.82) is 5.26 Å². The standard InChI is InChI=1S/C11H6ClF6N/c12-7(5-19)4-6-2-1-3-8(10(13,14)15)9(6)11(16,17)18/h1-3,7H,4H2. The van der Waals surface area contributed by atoms with Gasteiger partial charge in [-0.05, 0) is 11.6 Å². The third-order valence-electron chi connectivity index (χ3n) is 2.28. The van der Waals surface area contributed by atoms with Gasteiger partial charge in [0, 0.05) is 6.42 Å². The summed E-state index contributed by atoms with van der Waals surface area (Å²) in [4.78, 5) is 0. The first kappa shape index (κ1) is 15.6. The third kappa shape index (κ3) is 3.77. The summed E-state index contributed by atoms with van der Waals surface area (Å²) in [5.41, 5.74) is -4.22. The molecule has 0 radical (unpaired) electrons. The van der Waals surface area contributed by atoms with Crippen molar-refractivity contribution in [2.75, 3.05) is 0 Å². The number of nitriles is 1. The molecular formula is C11H6ClF6N. The number of hydrogen-bond donors (Lipinski definition) is 0. The molecule has 0 fully saturated rings. The Bertz CT molecular complexity index is 499. The molecule has 1 aromatic rings. The van der Waals surface area contributed by atoms with E-state index in [1.54, 1.807) is 0 Å². The lowest BCUT2D eigenvalue weighted by Gasteiger charge is -2.19. The highest BCUT2D eigenvalue weighted by Gasteiger charge is 2.44. The maximum absolute atomic E-state index is 12.8. The van der Waals surface area contributed by atoms with Gasteiger partial charge in [0.1, 0.15) is 5.38 Å². The molecule has 1 unspecified atom stereocenters. The Labute approximate surface area is 109 Å². The molecule has 0 saturated heterocycles. The summed E-state index contributed by atoms with van der Waals surface area (Å²) in [5.74, 6) is 0. The second-order valence-corrected chi connectivity index (χ2v) is 4.16. The van der Waals surface area contributed by atoms with E-state index in [0.717, 1.165) is 12.1 Å². The number of halogens is 7. The molecule has 0 spiro atoms. The van der Waals surface area contributed by atoms with Crippen LogP contribution < -0.4 is 0 Å². The Morgan fingerprint density at radius 3 is 2.11 bits per heavy atom. The number of rotatable bonds is 2. The van der Waals surface area contributed by atoms with Crippen LogP contribution >= 0.6 is 11.6 Å². The van der Waals surface area contributed by atoms with Gasteiger partial charge < -0.3 is 0 Å². The van der Waals surface area contributed by atoms with Crippen LogP contribution in [0, 0.1) is 11.3 Å². The highest BCUT2D eigenvalue weighted by atomic mass is 35.5. The highest BCUT2D eigenvalue weighted by Crippen LogP contribution is 2.42. The lowest BCUT2D eigenvalue weighted by atomic mass is 9.97. The van der Waals surface area contributed by atoms with Crippen LogP contribution in [0.25, 0.3) is 0 Å². The quantitative estimate of drug-likeness (QED) is 0.587. The molecule has 104 valence electrons. The average Bonchev–Trinajstić information content (AvgIpc) is 2.25. The summed E-state index contributed by atoms with van der Waals surface area (Å²) in [5, 5.41) is 7.10. The maximum Gasteiger partial charge on any atom is 0.417 e. The fraction of sp³-hybridized carbons (Fsp3) is 0.364. The van der Waals surface area contributed by atoms with Crippen LogP contribution in [0.1, 0.15) is 16.7 Å². The van der Waals surface area contributed by atoms with Gasteiger partial charge in [0.05, 0.1) is 17.2 Å². The van der Waals surface area contributed by atoms with E-state index in [1.165, 1.54) is 6.07 Å². The maximum atomic E-state index is 12.8. The molecule has 19 heavy (non-hydrogen) atoms. The number of hydrogen-bond acceptors (Lipinski definition) is 1. The van der Waals surface area contributed by atoms with Gasteiger partial charge in [0.15, 0.2) is 0 Å². The Hall–Kier alpha value is -1.42. The molecule has 0 N–H and O–H groups in total. The van der Waals surface area contributed by atoms with Gasteiger partial charge >= 0.3 is 12.4 Å². The fourth-order valence-electron chi connectivity index (χ4n) is 1.58. The van der Waals surface area contributed by atoms with Crippen LogP contribution in [-0.2, 0) is 18.8 Å². The van der Waals surface area contributed by atoms with Gasteiger partial charge in [-0.1, -0.05) is 12.1 Å². The monoisotopic (exact) mass is 301 g/mol. The van der Waals surface area contributed by atoms with E-state index in [-0.39, 0.29) is 0 Å². The third-order valence-corrected chi connectivity index (χ3v) is 2.53. The zero-order valence-electron chi connectivity index (χ0n) is 9.11. The van der Waals surface area contributed by atoms with E-state index < -0.39 is 40.8 Å². The fourth-order valence-corrected chi connectivity index (χ4v) is 1.75. The van der Waals surface area contributed by atoms with Gasteiger partial charge in [-0.25, -0.2) is 0 Å². The van der Waals surface area contributed by atoms with E-state index in [9.17, 15) is 26.3 Å². The average molecular weight is 302 g/mol. The summed E-state index contributed by atoms with van der Waals surface area (Å²) >= 11 is 5.38. The molecule has 1 nitrogen and oxygen atoms in total. The zero-order chi connectivity index (χ0) is 14.8. The predicted molar refractivity (Wildman–Crippen MR) is 55.4 cm³/mol. The van der Waals surface area contributed by atoms with Crippen molar-refractivity contribution >= 4 is 11.6 Å². The second kappa shape index (κ2) is 5.29. The van der Waals surface area contributed by atoms with Crippen molar-refractivity contribution in [3.63, 3.8) is 0 Å². The summed E-state index contributed by atoms with van der Waals surface area (Å²) < 4.78 is 76.0. The Kier molecular flexibility index (Phi) is 4.35. The summed E-state index contributed by atoms with van der Waals surface area (Å²) in [7, 11) is 0. The normalized spacial score (nSPS) is 14.0. The van der Waals surface area contributed by atoms with E-state index >= 15 is 0 Å². The second-order valence-electron chi connectivity index (χ2n) is 3.64. The predicted octanol–water partition coefficient (Wildman–Crippen LogP) is 4.40. The molecule has 1 aromatic carbocycles. The minimum absolute atomic E-state index is 0.349. The summed E-state index contributed by atoms with van der Waals surface area (Å²) in [6.07, 6.45) is -10.9. The topological polar surface area (TPSA) is 23.8 Å². The van der Waals surface area contributed by atoms with Gasteiger partial charge in [-0.2, -0.15) is 31.6 Å². The summed E-state index contributed by atoms with van der Waals surface area (Å²) in [6, 6.07) is 3.55. The minimum Gasteiger partial charge on any atom is -0.197 e. The first-order chi connectivity index (χ1) is 8.57. The van der Waals surface area contributed by atoms with E-state index in [2.05, 4.69) is 0 Å². The van der Waals surface area contributed by atoms with Crippen LogP contribution in [0.5, 0.6) is 0 Å². The van der Waals surface area contributed by atoms with Crippen LogP contribution in [0.2, 0.25) is 0 Å². The molecule has 1 rings (SSSR count). The lowest BCUT2D eigenvalue weighted by Crippen LogP contribution is -2.20. The van der Waals surface area contributed by atoms with E-state index in [0.29, 0.717) is 6.07 Å². The lowest BCUT2D eigenvalue weighted by molar-refractivity contribution is -0.162. The SMILES string of the molecule is N#CC(Cl)Cc1cccc(C(F)(F)F)c1C(F)(F)F. The van der Waals surface area contributed by atoms with Crippen molar-refractivity contribution in [1.82, 2.24) is 0 Å². The van der Waals surface area contributed by atoms with Crippen molar-refractivity contribution in [2.24, 2.45) is 0 Å². The highest BCUT2D eigenvalue weighted by molar-refractivity contribution is 6.22. The van der Waals surface area contributed by atoms with Gasteiger partial charge in [-0.15, -0.1) is 11.6 Å². The molecule has 8 heteroatoms. The van der Waals surface area contributed by atoms with Crippen LogP contribution in [0.4, 0.5) is 26.3 Å². The number of nitrogens with zero attached hydrogens (tertiary/aromatic N) is 1. The smallest absolute Gasteiger partial charge is 0.197 e. The molecule has 0 aliphatic rings. The van der Waals surface area contributed by atoms with Crippen molar-refractivity contribution in [3.05, 3.63) is 34.9 Å². The van der Waals surface area contributed by atoms with Gasteiger partial charge in [0.25, 0.3) is 0 Å². The van der Waals surface area contributed by atoms with E-state index in [1.807, 2.05) is 0 Å². The van der Waals surface area contributed by atoms with Crippen molar-refractivity contribution in [3.8, 4) is 6.07 Å². The van der Waals surface area contributed by atoms with Crippen molar-refractivity contribution < 1.29 is 26.3 Å². The molecule has 0 aromatic heterocycles. The molecule has 1 atom stereocenters. The first-order valence-corrected chi connectivity index (χ1v) is 5.31. The molecule has 0 bridgehead atoms. The first-order valence-electron chi connectivity index (χ1n) is 4.87. The number of benzene rings is 1. The zero-order valence-corrected chi connectivity index (χ0v) is 9.87. The van der Waals surface area contributed by atoms with Crippen LogP contribution in [0.15, 0.2) is 18.2 Å². The van der Waals surface area contributed by atoms with Gasteiger partial charge in [0.2, 0.25) is 0 Å². The molecule has 0 aliphatic carbocycles.